The van der Waals surface area contributed by atoms with Crippen LogP contribution in [0.2, 0.25) is 0 Å². The van der Waals surface area contributed by atoms with Crippen molar-refractivity contribution in [1.82, 2.24) is 9.88 Å². The van der Waals surface area contributed by atoms with Crippen LogP contribution in [0.4, 0.5) is 0 Å². The van der Waals surface area contributed by atoms with Gasteiger partial charge in [0.15, 0.2) is 5.89 Å². The number of hydrogen-bond acceptors (Lipinski definition) is 5. The maximum Gasteiger partial charge on any atom is 0.227 e. The van der Waals surface area contributed by atoms with Crippen LogP contribution in [0.15, 0.2) is 28.7 Å². The highest BCUT2D eigenvalue weighted by Gasteiger charge is 2.29. The van der Waals surface area contributed by atoms with Crippen LogP contribution < -0.4 is 4.74 Å². The molecule has 1 amide bonds. The predicted octanol–water partition coefficient (Wildman–Crippen LogP) is 2.31. The van der Waals surface area contributed by atoms with E-state index < -0.39 is 0 Å². The zero-order valence-electron chi connectivity index (χ0n) is 14.4. The monoisotopic (exact) mass is 342 g/mol. The number of fused-ring (bicyclic) bond motifs is 1. The van der Waals surface area contributed by atoms with Gasteiger partial charge in [-0.15, -0.1) is 0 Å². The molecule has 1 aromatic carbocycles. The molecule has 2 aliphatic heterocycles. The number of oxazole rings is 1. The van der Waals surface area contributed by atoms with Gasteiger partial charge in [-0.05, 0) is 24.1 Å². The number of benzene rings is 1. The molecule has 3 heterocycles. The summed E-state index contributed by atoms with van der Waals surface area (Å²) in [6.07, 6.45) is 2.05. The first kappa shape index (κ1) is 16.1. The lowest BCUT2D eigenvalue weighted by molar-refractivity contribution is -0.131. The van der Waals surface area contributed by atoms with E-state index >= 15 is 0 Å². The smallest absolute Gasteiger partial charge is 0.227 e. The molecule has 2 aliphatic rings. The molecule has 1 fully saturated rings. The van der Waals surface area contributed by atoms with Crippen molar-refractivity contribution in [2.75, 3.05) is 26.9 Å². The van der Waals surface area contributed by atoms with Crippen LogP contribution in [-0.2, 0) is 28.9 Å². The second-order valence-corrected chi connectivity index (χ2v) is 6.58. The van der Waals surface area contributed by atoms with Gasteiger partial charge in [-0.2, -0.15) is 0 Å². The van der Waals surface area contributed by atoms with Crippen LogP contribution in [0, 0.1) is 0 Å². The average Bonchev–Trinajstić information content (AvgIpc) is 3.30. The topological polar surface area (TPSA) is 64.8 Å². The first-order valence-corrected chi connectivity index (χ1v) is 8.70. The van der Waals surface area contributed by atoms with Gasteiger partial charge in [0.05, 0.1) is 32.6 Å². The molecule has 25 heavy (non-hydrogen) atoms. The third kappa shape index (κ3) is 3.39. The minimum atomic E-state index is 0.104. The van der Waals surface area contributed by atoms with E-state index in [1.165, 1.54) is 0 Å². The van der Waals surface area contributed by atoms with Crippen molar-refractivity contribution in [3.63, 3.8) is 0 Å². The lowest BCUT2D eigenvalue weighted by Crippen LogP contribution is -2.36. The van der Waals surface area contributed by atoms with Gasteiger partial charge in [0.1, 0.15) is 17.2 Å². The molecule has 4 rings (SSSR count). The summed E-state index contributed by atoms with van der Waals surface area (Å²) in [5, 5.41) is 0. The zero-order valence-corrected chi connectivity index (χ0v) is 14.4. The molecular formula is C19H22N2O4. The van der Waals surface area contributed by atoms with Crippen LogP contribution >= 0.6 is 0 Å². The van der Waals surface area contributed by atoms with Gasteiger partial charge in [-0.3, -0.25) is 4.79 Å². The Morgan fingerprint density at radius 1 is 1.44 bits per heavy atom. The number of carbonyl (C=O) groups is 1. The lowest BCUT2D eigenvalue weighted by Gasteiger charge is -2.25. The van der Waals surface area contributed by atoms with Gasteiger partial charge in [-0.25, -0.2) is 4.98 Å². The van der Waals surface area contributed by atoms with Crippen LogP contribution in [0.25, 0.3) is 0 Å². The lowest BCUT2D eigenvalue weighted by atomic mass is 10.1. The molecule has 1 unspecified atom stereocenters. The second-order valence-electron chi connectivity index (χ2n) is 6.58. The summed E-state index contributed by atoms with van der Waals surface area (Å²) in [4.78, 5) is 19.1. The molecule has 6 heteroatoms. The molecule has 0 radical (unpaired) electrons. The molecule has 2 aromatic rings. The second kappa shape index (κ2) is 6.88. The SMILES string of the molecule is COc1cccc(CC(=O)N2CCc3oc(C4CCOC4)nc3C2)c1. The minimum absolute atomic E-state index is 0.104. The molecule has 1 saturated heterocycles. The summed E-state index contributed by atoms with van der Waals surface area (Å²) < 4.78 is 16.6. The van der Waals surface area contributed by atoms with E-state index in [9.17, 15) is 4.79 Å². The standard InChI is InChI=1S/C19H22N2O4/c1-23-15-4-2-3-13(9-15)10-18(22)21-7-5-17-16(11-21)20-19(25-17)14-6-8-24-12-14/h2-4,9,14H,5-8,10-12H2,1H3. The number of nitrogens with zero attached hydrogens (tertiary/aromatic N) is 2. The quantitative estimate of drug-likeness (QED) is 0.853. The number of ether oxygens (including phenoxy) is 2. The van der Waals surface area contributed by atoms with Crippen LogP contribution in [0.1, 0.15) is 35.2 Å². The Labute approximate surface area is 146 Å². The number of methoxy groups -OCH3 is 1. The van der Waals surface area contributed by atoms with Crippen molar-refractivity contribution in [2.24, 2.45) is 0 Å². The van der Waals surface area contributed by atoms with Gasteiger partial charge in [0.25, 0.3) is 0 Å². The van der Waals surface area contributed by atoms with Crippen molar-refractivity contribution >= 4 is 5.91 Å². The van der Waals surface area contributed by atoms with E-state index in [0.29, 0.717) is 26.1 Å². The molecule has 132 valence electrons. The highest BCUT2D eigenvalue weighted by molar-refractivity contribution is 5.79. The third-order valence-corrected chi connectivity index (χ3v) is 4.87. The fraction of sp³-hybridized carbons (Fsp3) is 0.474. The Balaban J connectivity index is 1.43. The number of carbonyl (C=O) groups excluding carboxylic acids is 1. The van der Waals surface area contributed by atoms with Crippen molar-refractivity contribution in [3.05, 3.63) is 47.2 Å². The fourth-order valence-electron chi connectivity index (χ4n) is 3.40. The van der Waals surface area contributed by atoms with E-state index in [4.69, 9.17) is 13.9 Å². The number of hydrogen-bond donors (Lipinski definition) is 0. The van der Waals surface area contributed by atoms with E-state index in [1.54, 1.807) is 7.11 Å². The Hall–Kier alpha value is -2.34. The van der Waals surface area contributed by atoms with Crippen LogP contribution in [0.5, 0.6) is 5.75 Å². The number of rotatable bonds is 4. The largest absolute Gasteiger partial charge is 0.497 e. The average molecular weight is 342 g/mol. The summed E-state index contributed by atoms with van der Waals surface area (Å²) in [5.41, 5.74) is 1.85. The Morgan fingerprint density at radius 3 is 3.16 bits per heavy atom. The van der Waals surface area contributed by atoms with E-state index in [2.05, 4.69) is 4.98 Å². The van der Waals surface area contributed by atoms with E-state index in [1.807, 2.05) is 29.2 Å². The van der Waals surface area contributed by atoms with Crippen molar-refractivity contribution in [2.45, 2.75) is 31.7 Å². The molecule has 1 atom stereocenters. The Bertz CT molecular complexity index is 765. The van der Waals surface area contributed by atoms with E-state index in [-0.39, 0.29) is 11.8 Å². The maximum atomic E-state index is 12.6. The molecule has 0 saturated carbocycles. The van der Waals surface area contributed by atoms with Crippen molar-refractivity contribution < 1.29 is 18.7 Å². The molecule has 0 bridgehead atoms. The van der Waals surface area contributed by atoms with Gasteiger partial charge in [0.2, 0.25) is 5.91 Å². The molecule has 0 spiro atoms. The molecule has 0 N–H and O–H groups in total. The highest BCUT2D eigenvalue weighted by atomic mass is 16.5. The first-order valence-electron chi connectivity index (χ1n) is 8.70. The summed E-state index contributed by atoms with van der Waals surface area (Å²) in [6, 6.07) is 7.64. The van der Waals surface area contributed by atoms with Gasteiger partial charge in [-0.1, -0.05) is 12.1 Å². The summed E-state index contributed by atoms with van der Waals surface area (Å²) >= 11 is 0. The fourth-order valence-corrected chi connectivity index (χ4v) is 3.40. The number of amides is 1. The van der Waals surface area contributed by atoms with Crippen LogP contribution in [0.3, 0.4) is 0 Å². The van der Waals surface area contributed by atoms with E-state index in [0.717, 1.165) is 48.1 Å². The van der Waals surface area contributed by atoms with Gasteiger partial charge in [0, 0.05) is 19.6 Å². The molecule has 1 aromatic heterocycles. The van der Waals surface area contributed by atoms with Gasteiger partial charge < -0.3 is 18.8 Å². The first-order chi connectivity index (χ1) is 12.2. The normalized spacial score (nSPS) is 19.7. The Kier molecular flexibility index (Phi) is 4.44. The zero-order chi connectivity index (χ0) is 17.2. The Morgan fingerprint density at radius 2 is 2.36 bits per heavy atom. The van der Waals surface area contributed by atoms with Crippen LogP contribution in [-0.4, -0.2) is 42.7 Å². The summed E-state index contributed by atoms with van der Waals surface area (Å²) in [7, 11) is 1.63. The van der Waals surface area contributed by atoms with Gasteiger partial charge >= 0.3 is 0 Å². The summed E-state index contributed by atoms with van der Waals surface area (Å²) in [5.74, 6) is 2.82. The minimum Gasteiger partial charge on any atom is -0.497 e. The highest BCUT2D eigenvalue weighted by Crippen LogP contribution is 2.29. The predicted molar refractivity (Wildman–Crippen MR) is 90.5 cm³/mol. The number of aromatic nitrogens is 1. The summed E-state index contributed by atoms with van der Waals surface area (Å²) in [6.45, 7) is 2.64. The maximum absolute atomic E-state index is 12.6. The van der Waals surface area contributed by atoms with Crippen molar-refractivity contribution in [1.29, 1.82) is 0 Å². The third-order valence-electron chi connectivity index (χ3n) is 4.87. The van der Waals surface area contributed by atoms with Crippen molar-refractivity contribution in [3.8, 4) is 5.75 Å². The molecule has 0 aliphatic carbocycles. The molecule has 6 nitrogen and oxygen atoms in total. The molecular weight excluding hydrogens is 320 g/mol.